The van der Waals surface area contributed by atoms with Crippen molar-refractivity contribution in [3.05, 3.63) is 23.8 Å². The molecule has 2 rings (SSSR count). The fourth-order valence-corrected chi connectivity index (χ4v) is 2.66. The molecule has 1 atom stereocenters. The van der Waals surface area contributed by atoms with Crippen molar-refractivity contribution in [3.63, 3.8) is 0 Å². The van der Waals surface area contributed by atoms with E-state index in [1.54, 1.807) is 19.1 Å². The van der Waals surface area contributed by atoms with Gasteiger partial charge in [0, 0.05) is 24.0 Å². The summed E-state index contributed by atoms with van der Waals surface area (Å²) in [5, 5.41) is 3.36. The topological polar surface area (TPSA) is 67.6 Å². The molecule has 1 saturated heterocycles. The molecule has 0 amide bonds. The summed E-state index contributed by atoms with van der Waals surface area (Å²) < 4.78 is 5.09. The number of likely N-dealkylation sites (tertiary alicyclic amines) is 1. The number of rotatable bonds is 6. The number of nitrogens with one attached hydrogen (secondary N) is 1. The van der Waals surface area contributed by atoms with Gasteiger partial charge in [-0.2, -0.15) is 0 Å². The van der Waals surface area contributed by atoms with Crippen LogP contribution in [0.3, 0.4) is 0 Å². The van der Waals surface area contributed by atoms with Crippen LogP contribution in [0.25, 0.3) is 0 Å². The molecule has 116 valence electrons. The molecular formula is C16H25N3O2. The molecule has 0 spiro atoms. The Balaban J connectivity index is 2.03. The Labute approximate surface area is 126 Å². The summed E-state index contributed by atoms with van der Waals surface area (Å²) in [6, 6.07) is 5.75. The van der Waals surface area contributed by atoms with Gasteiger partial charge in [0.15, 0.2) is 0 Å². The van der Waals surface area contributed by atoms with E-state index in [0.717, 1.165) is 25.3 Å². The highest BCUT2D eigenvalue weighted by Gasteiger charge is 2.19. The first-order valence-corrected chi connectivity index (χ1v) is 7.66. The molecule has 1 aromatic carbocycles. The van der Waals surface area contributed by atoms with Crippen LogP contribution in [0, 0.1) is 0 Å². The van der Waals surface area contributed by atoms with Crippen LogP contribution < -0.4 is 11.1 Å². The Bertz CT molecular complexity index is 484. The summed E-state index contributed by atoms with van der Waals surface area (Å²) in [5.74, 6) is -0.332. The largest absolute Gasteiger partial charge is 0.462 e. The predicted molar refractivity (Wildman–Crippen MR) is 85.6 cm³/mol. The maximum atomic E-state index is 12.0. The maximum absolute atomic E-state index is 12.0. The lowest BCUT2D eigenvalue weighted by Crippen LogP contribution is -2.35. The van der Waals surface area contributed by atoms with E-state index < -0.39 is 0 Å². The Kier molecular flexibility index (Phi) is 5.44. The number of benzene rings is 1. The van der Waals surface area contributed by atoms with E-state index in [9.17, 15) is 4.79 Å². The Morgan fingerprint density at radius 2 is 2.14 bits per heavy atom. The minimum atomic E-state index is -0.332. The van der Waals surface area contributed by atoms with E-state index in [1.165, 1.54) is 12.8 Å². The first-order valence-electron chi connectivity index (χ1n) is 7.66. The van der Waals surface area contributed by atoms with Crippen molar-refractivity contribution in [1.29, 1.82) is 0 Å². The zero-order valence-corrected chi connectivity index (χ0v) is 12.9. The first-order chi connectivity index (χ1) is 10.1. The van der Waals surface area contributed by atoms with Crippen LogP contribution in [0.4, 0.5) is 11.4 Å². The molecule has 1 unspecified atom stereocenters. The van der Waals surface area contributed by atoms with Crippen LogP contribution in [0.2, 0.25) is 0 Å². The van der Waals surface area contributed by atoms with Gasteiger partial charge in [-0.1, -0.05) is 0 Å². The van der Waals surface area contributed by atoms with Crippen molar-refractivity contribution in [2.75, 3.05) is 37.3 Å². The van der Waals surface area contributed by atoms with Crippen LogP contribution in [-0.2, 0) is 4.74 Å². The fourth-order valence-electron chi connectivity index (χ4n) is 2.66. The number of nitrogen functional groups attached to an aromatic ring is 1. The lowest BCUT2D eigenvalue weighted by molar-refractivity contribution is 0.0527. The quantitative estimate of drug-likeness (QED) is 0.622. The van der Waals surface area contributed by atoms with Crippen LogP contribution in [-0.4, -0.2) is 43.2 Å². The summed E-state index contributed by atoms with van der Waals surface area (Å²) in [6.45, 7) is 7.49. The lowest BCUT2D eigenvalue weighted by atomic mass is 10.1. The highest BCUT2D eigenvalue weighted by Crippen LogP contribution is 2.21. The Hall–Kier alpha value is -1.75. The Morgan fingerprint density at radius 3 is 2.81 bits per heavy atom. The molecule has 1 aliphatic heterocycles. The number of carbonyl (C=O) groups is 1. The summed E-state index contributed by atoms with van der Waals surface area (Å²) in [6.07, 6.45) is 2.56. The Morgan fingerprint density at radius 1 is 1.43 bits per heavy atom. The van der Waals surface area contributed by atoms with E-state index in [1.807, 2.05) is 6.07 Å². The van der Waals surface area contributed by atoms with Gasteiger partial charge in [-0.05, 0) is 58.0 Å². The van der Waals surface area contributed by atoms with Gasteiger partial charge in [0.2, 0.25) is 0 Å². The number of esters is 1. The third-order valence-corrected chi connectivity index (χ3v) is 3.89. The van der Waals surface area contributed by atoms with Gasteiger partial charge in [0.1, 0.15) is 0 Å². The predicted octanol–water partition coefficient (Wildman–Crippen LogP) is 2.34. The molecule has 0 radical (unpaired) electrons. The van der Waals surface area contributed by atoms with Crippen molar-refractivity contribution >= 4 is 17.3 Å². The monoisotopic (exact) mass is 291 g/mol. The lowest BCUT2D eigenvalue weighted by Gasteiger charge is -2.24. The van der Waals surface area contributed by atoms with Gasteiger partial charge < -0.3 is 15.8 Å². The third kappa shape index (κ3) is 4.11. The second kappa shape index (κ2) is 7.31. The second-order valence-electron chi connectivity index (χ2n) is 5.50. The van der Waals surface area contributed by atoms with Gasteiger partial charge in [-0.15, -0.1) is 0 Å². The maximum Gasteiger partial charge on any atom is 0.340 e. The molecule has 1 aromatic rings. The number of ether oxygens (including phenoxy) is 1. The van der Waals surface area contributed by atoms with Crippen molar-refractivity contribution in [1.82, 2.24) is 4.90 Å². The molecule has 0 saturated carbocycles. The average Bonchev–Trinajstić information content (AvgIpc) is 3.00. The van der Waals surface area contributed by atoms with Crippen LogP contribution in [0.5, 0.6) is 0 Å². The highest BCUT2D eigenvalue weighted by molar-refractivity contribution is 5.96. The molecule has 0 aliphatic carbocycles. The summed E-state index contributed by atoms with van der Waals surface area (Å²) in [7, 11) is 0. The number of carbonyl (C=O) groups excluding carboxylic acids is 1. The summed E-state index contributed by atoms with van der Waals surface area (Å²) in [5.41, 5.74) is 7.63. The normalized spacial score (nSPS) is 16.7. The molecule has 1 aliphatic rings. The van der Waals surface area contributed by atoms with Crippen molar-refractivity contribution in [2.24, 2.45) is 0 Å². The van der Waals surface area contributed by atoms with E-state index in [4.69, 9.17) is 10.5 Å². The molecule has 1 heterocycles. The number of hydrogen-bond acceptors (Lipinski definition) is 5. The van der Waals surface area contributed by atoms with E-state index in [2.05, 4.69) is 17.1 Å². The molecule has 0 bridgehead atoms. The first kappa shape index (κ1) is 15.6. The molecule has 3 N–H and O–H groups in total. The number of nitrogens with zero attached hydrogens (tertiary/aromatic N) is 1. The fraction of sp³-hybridized carbons (Fsp3) is 0.562. The van der Waals surface area contributed by atoms with Gasteiger partial charge in [-0.3, -0.25) is 4.90 Å². The minimum Gasteiger partial charge on any atom is -0.462 e. The number of anilines is 2. The van der Waals surface area contributed by atoms with Crippen molar-refractivity contribution in [3.8, 4) is 0 Å². The summed E-state index contributed by atoms with van der Waals surface area (Å²) >= 11 is 0. The van der Waals surface area contributed by atoms with Gasteiger partial charge in [0.05, 0.1) is 12.2 Å². The van der Waals surface area contributed by atoms with Gasteiger partial charge in [-0.25, -0.2) is 4.79 Å². The van der Waals surface area contributed by atoms with Crippen molar-refractivity contribution < 1.29 is 9.53 Å². The standard InChI is InChI=1S/C16H25N3O2/c1-3-21-16(20)14-10-13(17)6-7-15(14)18-11-12(2)19-8-4-5-9-19/h6-7,10,12,18H,3-5,8-9,11,17H2,1-2H3. The van der Waals surface area contributed by atoms with Crippen LogP contribution in [0.15, 0.2) is 18.2 Å². The molecular weight excluding hydrogens is 266 g/mol. The SMILES string of the molecule is CCOC(=O)c1cc(N)ccc1NCC(C)N1CCCC1. The molecule has 1 fully saturated rings. The second-order valence-corrected chi connectivity index (χ2v) is 5.50. The van der Waals surface area contributed by atoms with Crippen LogP contribution in [0.1, 0.15) is 37.0 Å². The average molecular weight is 291 g/mol. The molecule has 5 heteroatoms. The zero-order chi connectivity index (χ0) is 15.2. The van der Waals surface area contributed by atoms with E-state index >= 15 is 0 Å². The molecule has 0 aromatic heterocycles. The zero-order valence-electron chi connectivity index (χ0n) is 12.9. The van der Waals surface area contributed by atoms with Crippen LogP contribution >= 0.6 is 0 Å². The summed E-state index contributed by atoms with van der Waals surface area (Å²) in [4.78, 5) is 14.5. The van der Waals surface area contributed by atoms with Crippen molar-refractivity contribution in [2.45, 2.75) is 32.7 Å². The number of nitrogens with two attached hydrogens (primary N) is 1. The van der Waals surface area contributed by atoms with Gasteiger partial charge >= 0.3 is 5.97 Å². The van der Waals surface area contributed by atoms with E-state index in [-0.39, 0.29) is 5.97 Å². The highest BCUT2D eigenvalue weighted by atomic mass is 16.5. The van der Waals surface area contributed by atoms with E-state index in [0.29, 0.717) is 23.9 Å². The van der Waals surface area contributed by atoms with Gasteiger partial charge in [0.25, 0.3) is 0 Å². The molecule has 21 heavy (non-hydrogen) atoms. The number of hydrogen-bond donors (Lipinski definition) is 2. The minimum absolute atomic E-state index is 0.332. The smallest absolute Gasteiger partial charge is 0.340 e. The molecule has 5 nitrogen and oxygen atoms in total. The third-order valence-electron chi connectivity index (χ3n) is 3.89.